The van der Waals surface area contributed by atoms with Gasteiger partial charge in [-0.2, -0.15) is 0 Å². The average Bonchev–Trinajstić information content (AvgIpc) is 2.53. The van der Waals surface area contributed by atoms with E-state index in [0.29, 0.717) is 25.3 Å². The molecule has 0 radical (unpaired) electrons. The third kappa shape index (κ3) is 0.951. The predicted octanol–water partition coefficient (Wildman–Crippen LogP) is 1.23. The number of fused-ring (bicyclic) bond motifs is 1. The van der Waals surface area contributed by atoms with E-state index in [4.69, 9.17) is 0 Å². The first kappa shape index (κ1) is 6.83. The summed E-state index contributed by atoms with van der Waals surface area (Å²) in [4.78, 5) is 12.9. The fourth-order valence-corrected chi connectivity index (χ4v) is 1.89. The highest BCUT2D eigenvalue weighted by molar-refractivity contribution is 5.79. The van der Waals surface area contributed by atoms with Crippen LogP contribution in [0.3, 0.4) is 0 Å². The van der Waals surface area contributed by atoms with Crippen LogP contribution in [-0.2, 0) is 4.79 Å². The second-order valence-electron chi connectivity index (χ2n) is 3.19. The van der Waals surface area contributed by atoms with E-state index in [1.54, 1.807) is 4.90 Å². The SMILES string of the molecule is O=C1CC[C@H]2CC(=CF)CN12. The summed E-state index contributed by atoms with van der Waals surface area (Å²) >= 11 is 0. The number of hydrogen-bond acceptors (Lipinski definition) is 1. The Labute approximate surface area is 64.7 Å². The standard InChI is InChI=1S/C8H10FNO/c9-4-6-3-7-1-2-8(11)10(7)5-6/h4,7H,1-3,5H2/t7-/m0/s1. The molecular formula is C8H10FNO. The summed E-state index contributed by atoms with van der Waals surface area (Å²) in [5.74, 6) is 0.187. The maximum atomic E-state index is 12.0. The summed E-state index contributed by atoms with van der Waals surface area (Å²) in [6.07, 6.45) is 2.97. The van der Waals surface area contributed by atoms with Crippen molar-refractivity contribution in [3.05, 3.63) is 11.9 Å². The highest BCUT2D eigenvalue weighted by Gasteiger charge is 2.36. The molecule has 0 spiro atoms. The molecule has 0 aliphatic carbocycles. The number of carbonyl (C=O) groups is 1. The van der Waals surface area contributed by atoms with Crippen LogP contribution in [0.2, 0.25) is 0 Å². The fraction of sp³-hybridized carbons (Fsp3) is 0.625. The Morgan fingerprint density at radius 2 is 2.45 bits per heavy atom. The summed E-state index contributed by atoms with van der Waals surface area (Å²) in [7, 11) is 0. The Morgan fingerprint density at radius 3 is 3.09 bits per heavy atom. The van der Waals surface area contributed by atoms with Crippen LogP contribution in [-0.4, -0.2) is 23.4 Å². The molecule has 2 fully saturated rings. The zero-order chi connectivity index (χ0) is 7.84. The quantitative estimate of drug-likeness (QED) is 0.515. The first-order valence-corrected chi connectivity index (χ1v) is 3.89. The van der Waals surface area contributed by atoms with E-state index in [1.165, 1.54) is 0 Å². The molecule has 1 amide bonds. The molecule has 3 heteroatoms. The second-order valence-corrected chi connectivity index (χ2v) is 3.19. The second kappa shape index (κ2) is 2.32. The molecule has 0 N–H and O–H groups in total. The van der Waals surface area contributed by atoms with Gasteiger partial charge in [0.15, 0.2) is 0 Å². The van der Waals surface area contributed by atoms with Gasteiger partial charge in [0.2, 0.25) is 5.91 Å². The largest absolute Gasteiger partial charge is 0.335 e. The normalized spacial score (nSPS) is 33.5. The highest BCUT2D eigenvalue weighted by Crippen LogP contribution is 2.31. The van der Waals surface area contributed by atoms with Crippen molar-refractivity contribution in [1.29, 1.82) is 0 Å². The van der Waals surface area contributed by atoms with Gasteiger partial charge in [-0.05, 0) is 18.4 Å². The zero-order valence-electron chi connectivity index (χ0n) is 6.22. The molecule has 60 valence electrons. The van der Waals surface area contributed by atoms with Crippen molar-refractivity contribution in [3.8, 4) is 0 Å². The molecule has 0 saturated carbocycles. The van der Waals surface area contributed by atoms with Crippen LogP contribution in [0.5, 0.6) is 0 Å². The van der Waals surface area contributed by atoms with Gasteiger partial charge in [-0.15, -0.1) is 0 Å². The van der Waals surface area contributed by atoms with E-state index in [9.17, 15) is 9.18 Å². The fourth-order valence-electron chi connectivity index (χ4n) is 1.89. The van der Waals surface area contributed by atoms with Crippen molar-refractivity contribution in [3.63, 3.8) is 0 Å². The molecule has 2 saturated heterocycles. The summed E-state index contributed by atoms with van der Waals surface area (Å²) in [5.41, 5.74) is 0.767. The van der Waals surface area contributed by atoms with Crippen LogP contribution in [0.15, 0.2) is 11.9 Å². The van der Waals surface area contributed by atoms with Crippen molar-refractivity contribution in [2.24, 2.45) is 0 Å². The summed E-state index contributed by atoms with van der Waals surface area (Å²) in [6.45, 7) is 0.528. The van der Waals surface area contributed by atoms with E-state index in [2.05, 4.69) is 0 Å². The van der Waals surface area contributed by atoms with Gasteiger partial charge in [0.1, 0.15) is 0 Å². The molecule has 0 aromatic carbocycles. The first-order valence-electron chi connectivity index (χ1n) is 3.89. The number of amides is 1. The predicted molar refractivity (Wildman–Crippen MR) is 38.5 cm³/mol. The van der Waals surface area contributed by atoms with E-state index in [-0.39, 0.29) is 5.91 Å². The minimum atomic E-state index is 0.187. The van der Waals surface area contributed by atoms with Gasteiger partial charge < -0.3 is 4.90 Å². The number of halogens is 1. The lowest BCUT2D eigenvalue weighted by molar-refractivity contribution is -0.127. The van der Waals surface area contributed by atoms with Crippen LogP contribution in [0.1, 0.15) is 19.3 Å². The van der Waals surface area contributed by atoms with E-state index >= 15 is 0 Å². The van der Waals surface area contributed by atoms with Gasteiger partial charge >= 0.3 is 0 Å². The van der Waals surface area contributed by atoms with Crippen molar-refractivity contribution in [2.45, 2.75) is 25.3 Å². The molecule has 0 bridgehead atoms. The maximum absolute atomic E-state index is 12.0. The third-order valence-corrected chi connectivity index (χ3v) is 2.48. The topological polar surface area (TPSA) is 20.3 Å². The number of hydrogen-bond donors (Lipinski definition) is 0. The van der Waals surface area contributed by atoms with Crippen LogP contribution >= 0.6 is 0 Å². The monoisotopic (exact) mass is 155 g/mol. The summed E-state index contributed by atoms with van der Waals surface area (Å²) in [5, 5.41) is 0. The molecule has 2 aliphatic rings. The van der Waals surface area contributed by atoms with E-state index < -0.39 is 0 Å². The molecule has 2 aliphatic heterocycles. The van der Waals surface area contributed by atoms with Gasteiger partial charge in [-0.25, -0.2) is 4.39 Å². The Balaban J connectivity index is 2.15. The third-order valence-electron chi connectivity index (χ3n) is 2.48. The molecule has 11 heavy (non-hydrogen) atoms. The summed E-state index contributed by atoms with van der Waals surface area (Å²) < 4.78 is 12.0. The molecule has 0 aromatic rings. The van der Waals surface area contributed by atoms with Crippen LogP contribution in [0, 0.1) is 0 Å². The van der Waals surface area contributed by atoms with E-state index in [1.807, 2.05) is 0 Å². The van der Waals surface area contributed by atoms with Crippen LogP contribution in [0.25, 0.3) is 0 Å². The molecule has 2 nitrogen and oxygen atoms in total. The number of rotatable bonds is 0. The Kier molecular flexibility index (Phi) is 1.44. The number of carbonyl (C=O) groups excluding carboxylic acids is 1. The van der Waals surface area contributed by atoms with Gasteiger partial charge in [0.25, 0.3) is 0 Å². The van der Waals surface area contributed by atoms with Crippen LogP contribution < -0.4 is 0 Å². The lowest BCUT2D eigenvalue weighted by Crippen LogP contribution is -2.26. The molecular weight excluding hydrogens is 145 g/mol. The van der Waals surface area contributed by atoms with Crippen molar-refractivity contribution >= 4 is 5.91 Å². The number of nitrogens with zero attached hydrogens (tertiary/aromatic N) is 1. The van der Waals surface area contributed by atoms with Crippen LogP contribution in [0.4, 0.5) is 4.39 Å². The van der Waals surface area contributed by atoms with Gasteiger partial charge in [0.05, 0.1) is 6.33 Å². The maximum Gasteiger partial charge on any atom is 0.223 e. The Bertz CT molecular complexity index is 224. The smallest absolute Gasteiger partial charge is 0.223 e. The lowest BCUT2D eigenvalue weighted by atomic mass is 10.1. The van der Waals surface area contributed by atoms with Crippen molar-refractivity contribution in [1.82, 2.24) is 4.90 Å². The van der Waals surface area contributed by atoms with Gasteiger partial charge in [-0.3, -0.25) is 4.79 Å². The average molecular weight is 155 g/mol. The molecule has 2 heterocycles. The lowest BCUT2D eigenvalue weighted by Gasteiger charge is -2.12. The first-order chi connectivity index (χ1) is 5.31. The minimum absolute atomic E-state index is 0.187. The van der Waals surface area contributed by atoms with Crippen molar-refractivity contribution < 1.29 is 9.18 Å². The zero-order valence-corrected chi connectivity index (χ0v) is 6.22. The Hall–Kier alpha value is -0.860. The van der Waals surface area contributed by atoms with E-state index in [0.717, 1.165) is 18.4 Å². The molecule has 0 unspecified atom stereocenters. The van der Waals surface area contributed by atoms with Gasteiger partial charge in [-0.1, -0.05) is 0 Å². The minimum Gasteiger partial charge on any atom is -0.335 e. The highest BCUT2D eigenvalue weighted by atomic mass is 19.1. The van der Waals surface area contributed by atoms with Gasteiger partial charge in [0, 0.05) is 19.0 Å². The molecule has 0 aromatic heterocycles. The summed E-state index contributed by atoms with van der Waals surface area (Å²) in [6, 6.07) is 0.310. The molecule has 2 rings (SSSR count). The Morgan fingerprint density at radius 1 is 1.64 bits per heavy atom. The molecule has 1 atom stereocenters. The van der Waals surface area contributed by atoms with Crippen molar-refractivity contribution in [2.75, 3.05) is 6.54 Å².